The van der Waals surface area contributed by atoms with Crippen molar-refractivity contribution in [1.82, 2.24) is 10.2 Å². The zero-order chi connectivity index (χ0) is 11.7. The van der Waals surface area contributed by atoms with Crippen molar-refractivity contribution in [3.05, 3.63) is 12.7 Å². The molecular formula is C12H24N2O. The van der Waals surface area contributed by atoms with Gasteiger partial charge in [-0.15, -0.1) is 6.58 Å². The first-order valence-electron chi connectivity index (χ1n) is 5.66. The number of nitrogens with zero attached hydrogens (tertiary/aromatic N) is 1. The van der Waals surface area contributed by atoms with Crippen LogP contribution in [0.25, 0.3) is 0 Å². The summed E-state index contributed by atoms with van der Waals surface area (Å²) in [6, 6.07) is 0.512. The molecule has 0 bridgehead atoms. The molecule has 0 aliphatic carbocycles. The maximum absolute atomic E-state index is 11.3. The number of carbonyl (C=O) groups is 1. The predicted molar refractivity (Wildman–Crippen MR) is 64.8 cm³/mol. The molecule has 0 saturated carbocycles. The first kappa shape index (κ1) is 14.2. The van der Waals surface area contributed by atoms with Gasteiger partial charge in [-0.2, -0.15) is 0 Å². The Bertz CT molecular complexity index is 190. The number of allylic oxidation sites excluding steroid dienone is 1. The molecule has 1 amide bonds. The van der Waals surface area contributed by atoms with E-state index >= 15 is 0 Å². The fraction of sp³-hybridized carbons (Fsp3) is 0.750. The smallest absolute Gasteiger partial charge is 0.223 e. The van der Waals surface area contributed by atoms with E-state index in [1.54, 1.807) is 19.0 Å². The molecule has 3 heteroatoms. The maximum Gasteiger partial charge on any atom is 0.223 e. The Hall–Kier alpha value is -0.830. The van der Waals surface area contributed by atoms with Crippen molar-refractivity contribution in [3.8, 4) is 0 Å². The minimum atomic E-state index is 0.182. The van der Waals surface area contributed by atoms with E-state index in [0.717, 1.165) is 25.8 Å². The van der Waals surface area contributed by atoms with Crippen LogP contribution in [0.3, 0.4) is 0 Å². The lowest BCUT2D eigenvalue weighted by Gasteiger charge is -2.16. The molecule has 0 fully saturated rings. The van der Waals surface area contributed by atoms with Crippen LogP contribution in [0.1, 0.15) is 32.6 Å². The molecule has 0 aromatic rings. The van der Waals surface area contributed by atoms with E-state index in [1.807, 2.05) is 6.08 Å². The number of hydrogen-bond acceptors (Lipinski definition) is 2. The number of carbonyl (C=O) groups excluding carboxylic acids is 1. The maximum atomic E-state index is 11.3. The van der Waals surface area contributed by atoms with Crippen molar-refractivity contribution in [3.63, 3.8) is 0 Å². The zero-order valence-electron chi connectivity index (χ0n) is 10.3. The van der Waals surface area contributed by atoms with Crippen molar-refractivity contribution in [1.29, 1.82) is 0 Å². The van der Waals surface area contributed by atoms with E-state index in [1.165, 1.54) is 0 Å². The van der Waals surface area contributed by atoms with Crippen LogP contribution in [0.5, 0.6) is 0 Å². The summed E-state index contributed by atoms with van der Waals surface area (Å²) in [4.78, 5) is 12.9. The highest BCUT2D eigenvalue weighted by Gasteiger charge is 2.06. The molecule has 0 aromatic carbocycles. The lowest BCUT2D eigenvalue weighted by molar-refractivity contribution is -0.128. The van der Waals surface area contributed by atoms with Crippen LogP contribution < -0.4 is 5.32 Å². The highest BCUT2D eigenvalue weighted by Crippen LogP contribution is 2.02. The minimum absolute atomic E-state index is 0.182. The van der Waals surface area contributed by atoms with Crippen molar-refractivity contribution in [2.45, 2.75) is 38.6 Å². The quantitative estimate of drug-likeness (QED) is 0.622. The van der Waals surface area contributed by atoms with Crippen LogP contribution in [0, 0.1) is 0 Å². The summed E-state index contributed by atoms with van der Waals surface area (Å²) in [5.74, 6) is 0.182. The fourth-order valence-corrected chi connectivity index (χ4v) is 1.38. The lowest BCUT2D eigenvalue weighted by atomic mass is 10.1. The van der Waals surface area contributed by atoms with Gasteiger partial charge in [-0.1, -0.05) is 13.0 Å². The Labute approximate surface area is 93.5 Å². The summed E-state index contributed by atoms with van der Waals surface area (Å²) in [7, 11) is 3.58. The molecule has 88 valence electrons. The molecule has 0 rings (SSSR count). The van der Waals surface area contributed by atoms with Gasteiger partial charge in [0.1, 0.15) is 0 Å². The summed E-state index contributed by atoms with van der Waals surface area (Å²) >= 11 is 0. The topological polar surface area (TPSA) is 32.3 Å². The first-order chi connectivity index (χ1) is 7.11. The molecule has 0 aliphatic heterocycles. The number of nitrogens with one attached hydrogen (secondary N) is 1. The molecule has 0 spiro atoms. The molecule has 1 N–H and O–H groups in total. The summed E-state index contributed by atoms with van der Waals surface area (Å²) in [5.41, 5.74) is 0. The highest BCUT2D eigenvalue weighted by molar-refractivity contribution is 5.75. The third kappa shape index (κ3) is 7.14. The van der Waals surface area contributed by atoms with Crippen molar-refractivity contribution < 1.29 is 4.79 Å². The van der Waals surface area contributed by atoms with Crippen molar-refractivity contribution in [2.75, 3.05) is 20.6 Å². The second-order valence-electron chi connectivity index (χ2n) is 3.96. The van der Waals surface area contributed by atoms with Gasteiger partial charge in [-0.3, -0.25) is 4.79 Å². The molecule has 0 radical (unpaired) electrons. The third-order valence-corrected chi connectivity index (χ3v) is 2.48. The van der Waals surface area contributed by atoms with Crippen LogP contribution in [-0.2, 0) is 4.79 Å². The third-order valence-electron chi connectivity index (χ3n) is 2.48. The molecular weight excluding hydrogens is 188 g/mol. The summed E-state index contributed by atoms with van der Waals surface area (Å²) in [6.07, 6.45) is 5.76. The van der Waals surface area contributed by atoms with E-state index in [2.05, 4.69) is 18.8 Å². The molecule has 0 heterocycles. The standard InChI is InChI=1S/C12H24N2O/c1-5-7-8-11(6-2)13-10-9-12(15)14(3)4/h5,11,13H,1,6-10H2,2-4H3. The molecule has 15 heavy (non-hydrogen) atoms. The number of rotatable bonds is 8. The van der Waals surface area contributed by atoms with Gasteiger partial charge in [0.05, 0.1) is 0 Å². The van der Waals surface area contributed by atoms with Crippen LogP contribution in [0.15, 0.2) is 12.7 Å². The number of amides is 1. The van der Waals surface area contributed by atoms with E-state index in [4.69, 9.17) is 0 Å². The van der Waals surface area contributed by atoms with Crippen molar-refractivity contribution in [2.24, 2.45) is 0 Å². The van der Waals surface area contributed by atoms with Crippen LogP contribution in [-0.4, -0.2) is 37.5 Å². The molecule has 1 atom stereocenters. The van der Waals surface area contributed by atoms with Gasteiger partial charge in [0.15, 0.2) is 0 Å². The molecule has 1 unspecified atom stereocenters. The SMILES string of the molecule is C=CCCC(CC)NCCC(=O)N(C)C. The fourth-order valence-electron chi connectivity index (χ4n) is 1.38. The second-order valence-corrected chi connectivity index (χ2v) is 3.96. The number of hydrogen-bond donors (Lipinski definition) is 1. The zero-order valence-corrected chi connectivity index (χ0v) is 10.3. The normalized spacial score (nSPS) is 12.2. The Morgan fingerprint density at radius 1 is 1.53 bits per heavy atom. The highest BCUT2D eigenvalue weighted by atomic mass is 16.2. The van der Waals surface area contributed by atoms with Crippen LogP contribution >= 0.6 is 0 Å². The minimum Gasteiger partial charge on any atom is -0.349 e. The van der Waals surface area contributed by atoms with E-state index in [-0.39, 0.29) is 5.91 Å². The largest absolute Gasteiger partial charge is 0.349 e. The Kier molecular flexibility index (Phi) is 8.01. The van der Waals surface area contributed by atoms with Crippen LogP contribution in [0.2, 0.25) is 0 Å². The van der Waals surface area contributed by atoms with Crippen LogP contribution in [0.4, 0.5) is 0 Å². The van der Waals surface area contributed by atoms with E-state index in [9.17, 15) is 4.79 Å². The van der Waals surface area contributed by atoms with E-state index in [0.29, 0.717) is 12.5 Å². The van der Waals surface area contributed by atoms with Gasteiger partial charge in [-0.05, 0) is 19.3 Å². The molecule has 0 saturated heterocycles. The Morgan fingerprint density at radius 3 is 2.67 bits per heavy atom. The van der Waals surface area contributed by atoms with Gasteiger partial charge >= 0.3 is 0 Å². The van der Waals surface area contributed by atoms with Gasteiger partial charge in [0.2, 0.25) is 5.91 Å². The van der Waals surface area contributed by atoms with Gasteiger partial charge in [0.25, 0.3) is 0 Å². The molecule has 0 aliphatic rings. The molecule has 3 nitrogen and oxygen atoms in total. The molecule has 0 aromatic heterocycles. The lowest BCUT2D eigenvalue weighted by Crippen LogP contribution is -2.32. The van der Waals surface area contributed by atoms with E-state index < -0.39 is 0 Å². The summed E-state index contributed by atoms with van der Waals surface area (Å²) in [6.45, 7) is 6.64. The average molecular weight is 212 g/mol. The summed E-state index contributed by atoms with van der Waals surface area (Å²) < 4.78 is 0. The summed E-state index contributed by atoms with van der Waals surface area (Å²) in [5, 5.41) is 3.39. The second kappa shape index (κ2) is 8.48. The van der Waals surface area contributed by atoms with Gasteiger partial charge in [0, 0.05) is 33.1 Å². The average Bonchev–Trinajstić information content (AvgIpc) is 2.22. The van der Waals surface area contributed by atoms with Crippen molar-refractivity contribution >= 4 is 5.91 Å². The van der Waals surface area contributed by atoms with Gasteiger partial charge < -0.3 is 10.2 Å². The Balaban J connectivity index is 3.62. The predicted octanol–water partition coefficient (Wildman–Crippen LogP) is 1.80. The first-order valence-corrected chi connectivity index (χ1v) is 5.66. The van der Waals surface area contributed by atoms with Gasteiger partial charge in [-0.25, -0.2) is 0 Å². The Morgan fingerprint density at radius 2 is 2.20 bits per heavy atom. The monoisotopic (exact) mass is 212 g/mol.